The van der Waals surface area contributed by atoms with Gasteiger partial charge in [-0.3, -0.25) is 4.79 Å². The van der Waals surface area contributed by atoms with Crippen LogP contribution in [-0.2, 0) is 11.2 Å². The SMILES string of the molecule is CCCc1ccc(NC(=O)C2(N)CCCC(C)C2)cc1. The molecule has 2 atom stereocenters. The number of hydrogen-bond acceptors (Lipinski definition) is 2. The zero-order valence-corrected chi connectivity index (χ0v) is 12.6. The summed E-state index contributed by atoms with van der Waals surface area (Å²) in [6.45, 7) is 4.34. The van der Waals surface area contributed by atoms with Gasteiger partial charge in [0.1, 0.15) is 0 Å². The van der Waals surface area contributed by atoms with Crippen LogP contribution in [0.3, 0.4) is 0 Å². The topological polar surface area (TPSA) is 55.1 Å². The van der Waals surface area contributed by atoms with Crippen LogP contribution in [-0.4, -0.2) is 11.4 Å². The van der Waals surface area contributed by atoms with Crippen LogP contribution in [0, 0.1) is 5.92 Å². The minimum absolute atomic E-state index is 0.0349. The first-order chi connectivity index (χ1) is 9.53. The van der Waals surface area contributed by atoms with Crippen LogP contribution in [0.4, 0.5) is 5.69 Å². The maximum Gasteiger partial charge on any atom is 0.244 e. The Kier molecular flexibility index (Phi) is 4.81. The number of hydrogen-bond donors (Lipinski definition) is 2. The van der Waals surface area contributed by atoms with E-state index in [-0.39, 0.29) is 5.91 Å². The van der Waals surface area contributed by atoms with E-state index < -0.39 is 5.54 Å². The fraction of sp³-hybridized carbons (Fsp3) is 0.588. The average Bonchev–Trinajstić information content (AvgIpc) is 2.41. The van der Waals surface area contributed by atoms with Crippen molar-refractivity contribution in [2.45, 2.75) is 57.9 Å². The highest BCUT2D eigenvalue weighted by molar-refractivity contribution is 5.98. The number of nitrogens with one attached hydrogen (secondary N) is 1. The van der Waals surface area contributed by atoms with Gasteiger partial charge in [0.25, 0.3) is 0 Å². The maximum atomic E-state index is 12.4. The van der Waals surface area contributed by atoms with Crippen LogP contribution in [0.5, 0.6) is 0 Å². The summed E-state index contributed by atoms with van der Waals surface area (Å²) in [5.41, 5.74) is 7.76. The molecule has 1 saturated carbocycles. The van der Waals surface area contributed by atoms with E-state index >= 15 is 0 Å². The number of nitrogens with two attached hydrogens (primary N) is 1. The normalized spacial score (nSPS) is 26.2. The highest BCUT2D eigenvalue weighted by Gasteiger charge is 2.37. The molecule has 0 heterocycles. The van der Waals surface area contributed by atoms with Crippen LogP contribution >= 0.6 is 0 Å². The van der Waals surface area contributed by atoms with Gasteiger partial charge < -0.3 is 11.1 Å². The van der Waals surface area contributed by atoms with Crippen LogP contribution in [0.25, 0.3) is 0 Å². The van der Waals surface area contributed by atoms with Gasteiger partial charge in [-0.1, -0.05) is 45.2 Å². The van der Waals surface area contributed by atoms with Crippen molar-refractivity contribution >= 4 is 11.6 Å². The molecule has 1 aliphatic carbocycles. The van der Waals surface area contributed by atoms with Crippen molar-refractivity contribution in [3.8, 4) is 0 Å². The molecule has 0 aromatic heterocycles. The number of anilines is 1. The van der Waals surface area contributed by atoms with Gasteiger partial charge in [0.05, 0.1) is 5.54 Å². The molecule has 2 rings (SSSR count). The summed E-state index contributed by atoms with van der Waals surface area (Å²) in [7, 11) is 0. The number of rotatable bonds is 4. The molecule has 1 fully saturated rings. The predicted octanol–water partition coefficient (Wildman–Crippen LogP) is 3.49. The molecule has 20 heavy (non-hydrogen) atoms. The highest BCUT2D eigenvalue weighted by Crippen LogP contribution is 2.31. The van der Waals surface area contributed by atoms with Crippen LogP contribution < -0.4 is 11.1 Å². The predicted molar refractivity (Wildman–Crippen MR) is 83.6 cm³/mol. The first-order valence-electron chi connectivity index (χ1n) is 7.73. The van der Waals surface area contributed by atoms with Gasteiger partial charge in [0.15, 0.2) is 0 Å². The standard InChI is InChI=1S/C17H26N2O/c1-3-5-14-7-9-15(10-8-14)19-16(20)17(18)11-4-6-13(2)12-17/h7-10,13H,3-6,11-12,18H2,1-2H3,(H,19,20). The van der Waals surface area contributed by atoms with Gasteiger partial charge in [-0.05, 0) is 42.9 Å². The molecular weight excluding hydrogens is 248 g/mol. The lowest BCUT2D eigenvalue weighted by Gasteiger charge is -2.35. The summed E-state index contributed by atoms with van der Waals surface area (Å²) < 4.78 is 0. The van der Waals surface area contributed by atoms with Crippen molar-refractivity contribution in [3.63, 3.8) is 0 Å². The molecule has 3 N–H and O–H groups in total. The van der Waals surface area contributed by atoms with Gasteiger partial charge in [-0.15, -0.1) is 0 Å². The highest BCUT2D eigenvalue weighted by atomic mass is 16.2. The third-order valence-corrected chi connectivity index (χ3v) is 4.24. The minimum atomic E-state index is -0.695. The summed E-state index contributed by atoms with van der Waals surface area (Å²) in [5.74, 6) is 0.499. The Balaban J connectivity index is 1.99. The Morgan fingerprint density at radius 1 is 1.40 bits per heavy atom. The van der Waals surface area contributed by atoms with E-state index in [1.54, 1.807) is 0 Å². The Morgan fingerprint density at radius 3 is 2.70 bits per heavy atom. The molecule has 110 valence electrons. The Morgan fingerprint density at radius 2 is 2.10 bits per heavy atom. The second-order valence-corrected chi connectivity index (χ2v) is 6.26. The fourth-order valence-electron chi connectivity index (χ4n) is 3.10. The maximum absolute atomic E-state index is 12.4. The second-order valence-electron chi connectivity index (χ2n) is 6.26. The van der Waals surface area contributed by atoms with Crippen molar-refractivity contribution in [3.05, 3.63) is 29.8 Å². The van der Waals surface area contributed by atoms with Crippen molar-refractivity contribution in [2.75, 3.05) is 5.32 Å². The van der Waals surface area contributed by atoms with Crippen LogP contribution in [0.2, 0.25) is 0 Å². The van der Waals surface area contributed by atoms with E-state index in [9.17, 15) is 4.79 Å². The smallest absolute Gasteiger partial charge is 0.244 e. The van der Waals surface area contributed by atoms with Gasteiger partial charge in [0.2, 0.25) is 5.91 Å². The number of carbonyl (C=O) groups is 1. The van der Waals surface area contributed by atoms with Gasteiger partial charge >= 0.3 is 0 Å². The third kappa shape index (κ3) is 3.60. The molecular formula is C17H26N2O. The molecule has 1 aromatic rings. The zero-order valence-electron chi connectivity index (χ0n) is 12.6. The zero-order chi connectivity index (χ0) is 14.6. The fourth-order valence-corrected chi connectivity index (χ4v) is 3.10. The first kappa shape index (κ1) is 15.0. The van der Waals surface area contributed by atoms with E-state index in [0.29, 0.717) is 5.92 Å². The molecule has 1 aromatic carbocycles. The lowest BCUT2D eigenvalue weighted by molar-refractivity contribution is -0.122. The number of aryl methyl sites for hydroxylation is 1. The van der Waals surface area contributed by atoms with E-state index in [0.717, 1.165) is 37.8 Å². The average molecular weight is 274 g/mol. The van der Waals surface area contributed by atoms with Crippen molar-refractivity contribution in [1.29, 1.82) is 0 Å². The third-order valence-electron chi connectivity index (χ3n) is 4.24. The van der Waals surface area contributed by atoms with Crippen molar-refractivity contribution in [2.24, 2.45) is 11.7 Å². The van der Waals surface area contributed by atoms with Crippen molar-refractivity contribution in [1.82, 2.24) is 0 Å². The lowest BCUT2D eigenvalue weighted by Crippen LogP contribution is -2.53. The molecule has 3 nitrogen and oxygen atoms in total. The van der Waals surface area contributed by atoms with E-state index in [1.165, 1.54) is 12.0 Å². The first-order valence-corrected chi connectivity index (χ1v) is 7.73. The van der Waals surface area contributed by atoms with Gasteiger partial charge in [0, 0.05) is 5.69 Å². The van der Waals surface area contributed by atoms with Crippen molar-refractivity contribution < 1.29 is 4.79 Å². The van der Waals surface area contributed by atoms with Gasteiger partial charge in [-0.2, -0.15) is 0 Å². The summed E-state index contributed by atoms with van der Waals surface area (Å²) in [6, 6.07) is 8.09. The van der Waals surface area contributed by atoms with E-state index in [4.69, 9.17) is 5.73 Å². The Bertz CT molecular complexity index is 455. The van der Waals surface area contributed by atoms with Crippen LogP contribution in [0.1, 0.15) is 51.5 Å². The molecule has 2 unspecified atom stereocenters. The molecule has 0 saturated heterocycles. The molecule has 3 heteroatoms. The quantitative estimate of drug-likeness (QED) is 0.883. The summed E-state index contributed by atoms with van der Waals surface area (Å²) in [5, 5.41) is 2.98. The van der Waals surface area contributed by atoms with E-state index in [2.05, 4.69) is 31.3 Å². The largest absolute Gasteiger partial charge is 0.324 e. The number of carbonyl (C=O) groups excluding carboxylic acids is 1. The monoisotopic (exact) mass is 274 g/mol. The Labute approximate surface area is 121 Å². The van der Waals surface area contributed by atoms with Gasteiger partial charge in [-0.25, -0.2) is 0 Å². The minimum Gasteiger partial charge on any atom is -0.324 e. The second kappa shape index (κ2) is 6.40. The molecule has 0 bridgehead atoms. The number of benzene rings is 1. The molecule has 0 aliphatic heterocycles. The molecule has 0 spiro atoms. The van der Waals surface area contributed by atoms with Crippen LogP contribution in [0.15, 0.2) is 24.3 Å². The summed E-state index contributed by atoms with van der Waals surface area (Å²) in [6.07, 6.45) is 6.00. The summed E-state index contributed by atoms with van der Waals surface area (Å²) in [4.78, 5) is 12.4. The molecule has 1 amide bonds. The Hall–Kier alpha value is -1.35. The summed E-state index contributed by atoms with van der Waals surface area (Å²) >= 11 is 0. The molecule has 1 aliphatic rings. The number of amides is 1. The lowest BCUT2D eigenvalue weighted by atomic mass is 9.76. The van der Waals surface area contributed by atoms with E-state index in [1.807, 2.05) is 12.1 Å². The molecule has 0 radical (unpaired) electrons.